The van der Waals surface area contributed by atoms with Gasteiger partial charge in [0.05, 0.1) is 23.6 Å². The normalized spacial score (nSPS) is 17.0. The van der Waals surface area contributed by atoms with E-state index in [1.807, 2.05) is 24.3 Å². The lowest BCUT2D eigenvalue weighted by atomic mass is 10.2. The average Bonchev–Trinajstić information content (AvgIpc) is 3.06. The molecule has 1 aromatic carbocycles. The molecule has 2 aromatic rings. The molecule has 23 heavy (non-hydrogen) atoms. The Balaban J connectivity index is 1.63. The molecule has 0 bridgehead atoms. The van der Waals surface area contributed by atoms with Crippen LogP contribution in [-0.4, -0.2) is 30.1 Å². The highest BCUT2D eigenvalue weighted by atomic mass is 79.9. The largest absolute Gasteiger partial charge is 0.376 e. The SMILES string of the molecule is O=C(NCC1CCCO1)c1cncc(Nc2cccc(Br)c2)c1. The van der Waals surface area contributed by atoms with Gasteiger partial charge >= 0.3 is 0 Å². The van der Waals surface area contributed by atoms with Gasteiger partial charge in [-0.2, -0.15) is 0 Å². The van der Waals surface area contributed by atoms with Gasteiger partial charge in [0.2, 0.25) is 0 Å². The lowest BCUT2D eigenvalue weighted by molar-refractivity contribution is 0.0857. The Hall–Kier alpha value is -1.92. The van der Waals surface area contributed by atoms with Crippen LogP contribution in [0.25, 0.3) is 0 Å². The van der Waals surface area contributed by atoms with Crippen LogP contribution in [0.4, 0.5) is 11.4 Å². The number of ether oxygens (including phenoxy) is 1. The molecule has 6 heteroatoms. The van der Waals surface area contributed by atoms with Crippen LogP contribution >= 0.6 is 15.9 Å². The number of nitrogens with zero attached hydrogens (tertiary/aromatic N) is 1. The predicted molar refractivity (Wildman–Crippen MR) is 93.0 cm³/mol. The van der Waals surface area contributed by atoms with Crippen LogP contribution in [0.15, 0.2) is 47.2 Å². The molecule has 0 saturated carbocycles. The third-order valence-corrected chi connectivity index (χ3v) is 4.12. The molecule has 1 unspecified atom stereocenters. The van der Waals surface area contributed by atoms with E-state index < -0.39 is 0 Å². The maximum absolute atomic E-state index is 12.2. The molecule has 120 valence electrons. The van der Waals surface area contributed by atoms with Crippen molar-refractivity contribution in [3.05, 3.63) is 52.8 Å². The fraction of sp³-hybridized carbons (Fsp3) is 0.294. The van der Waals surface area contributed by atoms with Crippen LogP contribution in [0.5, 0.6) is 0 Å². The zero-order chi connectivity index (χ0) is 16.1. The Labute approximate surface area is 143 Å². The summed E-state index contributed by atoms with van der Waals surface area (Å²) in [4.78, 5) is 16.4. The molecule has 1 amide bonds. The van der Waals surface area contributed by atoms with Gasteiger partial charge in [-0.3, -0.25) is 9.78 Å². The smallest absolute Gasteiger partial charge is 0.253 e. The molecule has 1 aromatic heterocycles. The summed E-state index contributed by atoms with van der Waals surface area (Å²) in [6.45, 7) is 1.33. The molecule has 1 aliphatic heterocycles. The fourth-order valence-corrected chi connectivity index (χ4v) is 2.88. The van der Waals surface area contributed by atoms with E-state index >= 15 is 0 Å². The van der Waals surface area contributed by atoms with Crippen LogP contribution in [0.3, 0.4) is 0 Å². The summed E-state index contributed by atoms with van der Waals surface area (Å²) in [7, 11) is 0. The minimum absolute atomic E-state index is 0.133. The van der Waals surface area contributed by atoms with Crippen molar-refractivity contribution < 1.29 is 9.53 Å². The second-order valence-corrected chi connectivity index (χ2v) is 6.36. The molecule has 5 nitrogen and oxygen atoms in total. The molecular weight excluding hydrogens is 358 g/mol. The lowest BCUT2D eigenvalue weighted by Crippen LogP contribution is -2.31. The summed E-state index contributed by atoms with van der Waals surface area (Å²) in [6.07, 6.45) is 5.46. The second kappa shape index (κ2) is 7.57. The fourth-order valence-electron chi connectivity index (χ4n) is 2.48. The molecule has 1 fully saturated rings. The van der Waals surface area contributed by atoms with E-state index in [4.69, 9.17) is 4.74 Å². The maximum Gasteiger partial charge on any atom is 0.253 e. The zero-order valence-electron chi connectivity index (χ0n) is 12.6. The van der Waals surface area contributed by atoms with Gasteiger partial charge in [0.1, 0.15) is 0 Å². The van der Waals surface area contributed by atoms with Crippen molar-refractivity contribution in [2.45, 2.75) is 18.9 Å². The lowest BCUT2D eigenvalue weighted by Gasteiger charge is -2.11. The molecule has 1 atom stereocenters. The first kappa shape index (κ1) is 16.0. The maximum atomic E-state index is 12.2. The molecular formula is C17H18BrN3O2. The van der Waals surface area contributed by atoms with Gasteiger partial charge in [-0.1, -0.05) is 22.0 Å². The molecule has 1 aliphatic rings. The number of aromatic nitrogens is 1. The number of carbonyl (C=O) groups excluding carboxylic acids is 1. The van der Waals surface area contributed by atoms with Gasteiger partial charge < -0.3 is 15.4 Å². The van der Waals surface area contributed by atoms with Crippen molar-refractivity contribution in [2.24, 2.45) is 0 Å². The molecule has 0 radical (unpaired) electrons. The van der Waals surface area contributed by atoms with E-state index in [0.29, 0.717) is 12.1 Å². The Morgan fingerprint density at radius 2 is 2.22 bits per heavy atom. The third-order valence-electron chi connectivity index (χ3n) is 3.63. The van der Waals surface area contributed by atoms with Gasteiger partial charge in [-0.15, -0.1) is 0 Å². The standard InChI is InChI=1S/C17H18BrN3O2/c18-13-3-1-4-14(8-13)21-15-7-12(9-19-10-15)17(22)20-11-16-5-2-6-23-16/h1,3-4,7-10,16,21H,2,5-6,11H2,(H,20,22). The highest BCUT2D eigenvalue weighted by Crippen LogP contribution is 2.20. The predicted octanol–water partition coefficient (Wildman–Crippen LogP) is 3.50. The quantitative estimate of drug-likeness (QED) is 0.839. The Bertz CT molecular complexity index is 687. The number of rotatable bonds is 5. The van der Waals surface area contributed by atoms with Gasteiger partial charge in [0.25, 0.3) is 5.91 Å². The van der Waals surface area contributed by atoms with Crippen LogP contribution in [-0.2, 0) is 4.74 Å². The zero-order valence-corrected chi connectivity index (χ0v) is 14.2. The van der Waals surface area contributed by atoms with Crippen molar-refractivity contribution in [2.75, 3.05) is 18.5 Å². The number of hydrogen-bond acceptors (Lipinski definition) is 4. The number of nitrogens with one attached hydrogen (secondary N) is 2. The summed E-state index contributed by atoms with van der Waals surface area (Å²) in [5.41, 5.74) is 2.23. The molecule has 2 heterocycles. The summed E-state index contributed by atoms with van der Waals surface area (Å²) in [6, 6.07) is 9.61. The first-order chi connectivity index (χ1) is 11.2. The van der Waals surface area contributed by atoms with Gasteiger partial charge in [0, 0.05) is 29.5 Å². The average molecular weight is 376 g/mol. The molecule has 3 rings (SSSR count). The number of hydrogen-bond donors (Lipinski definition) is 2. The summed E-state index contributed by atoms with van der Waals surface area (Å²) in [5.74, 6) is -0.133. The number of carbonyl (C=O) groups is 1. The minimum Gasteiger partial charge on any atom is -0.376 e. The summed E-state index contributed by atoms with van der Waals surface area (Å²) < 4.78 is 6.49. The van der Waals surface area contributed by atoms with Crippen molar-refractivity contribution in [3.63, 3.8) is 0 Å². The number of amides is 1. The monoisotopic (exact) mass is 375 g/mol. The van der Waals surface area contributed by atoms with Crippen LogP contribution in [0.1, 0.15) is 23.2 Å². The van der Waals surface area contributed by atoms with Gasteiger partial charge in [0.15, 0.2) is 0 Å². The highest BCUT2D eigenvalue weighted by molar-refractivity contribution is 9.10. The van der Waals surface area contributed by atoms with Crippen molar-refractivity contribution in [3.8, 4) is 0 Å². The van der Waals surface area contributed by atoms with E-state index in [1.165, 1.54) is 0 Å². The van der Waals surface area contributed by atoms with E-state index in [-0.39, 0.29) is 12.0 Å². The highest BCUT2D eigenvalue weighted by Gasteiger charge is 2.16. The Kier molecular flexibility index (Phi) is 5.25. The molecule has 0 spiro atoms. The van der Waals surface area contributed by atoms with E-state index in [1.54, 1.807) is 18.5 Å². The Morgan fingerprint density at radius 3 is 3.00 bits per heavy atom. The molecule has 1 saturated heterocycles. The van der Waals surface area contributed by atoms with Gasteiger partial charge in [-0.25, -0.2) is 0 Å². The Morgan fingerprint density at radius 1 is 1.30 bits per heavy atom. The molecule has 0 aliphatic carbocycles. The van der Waals surface area contributed by atoms with E-state index in [2.05, 4.69) is 31.5 Å². The van der Waals surface area contributed by atoms with Crippen molar-refractivity contribution >= 4 is 33.2 Å². The summed E-state index contributed by atoms with van der Waals surface area (Å²) in [5, 5.41) is 6.14. The van der Waals surface area contributed by atoms with Crippen molar-refractivity contribution in [1.29, 1.82) is 0 Å². The number of anilines is 2. The number of benzene rings is 1. The van der Waals surface area contributed by atoms with Crippen LogP contribution in [0, 0.1) is 0 Å². The third kappa shape index (κ3) is 4.53. The van der Waals surface area contributed by atoms with Gasteiger partial charge in [-0.05, 0) is 37.1 Å². The number of pyridine rings is 1. The first-order valence-electron chi connectivity index (χ1n) is 7.58. The number of halogens is 1. The second-order valence-electron chi connectivity index (χ2n) is 5.44. The first-order valence-corrected chi connectivity index (χ1v) is 8.37. The van der Waals surface area contributed by atoms with Crippen LogP contribution in [0.2, 0.25) is 0 Å². The summed E-state index contributed by atoms with van der Waals surface area (Å²) >= 11 is 3.43. The minimum atomic E-state index is -0.133. The van der Waals surface area contributed by atoms with E-state index in [9.17, 15) is 4.79 Å². The van der Waals surface area contributed by atoms with Crippen LogP contribution < -0.4 is 10.6 Å². The molecule has 2 N–H and O–H groups in total. The van der Waals surface area contributed by atoms with E-state index in [0.717, 1.165) is 35.3 Å². The topological polar surface area (TPSA) is 63.2 Å². The van der Waals surface area contributed by atoms with Crippen molar-refractivity contribution in [1.82, 2.24) is 10.3 Å².